The van der Waals surface area contributed by atoms with Crippen molar-refractivity contribution in [3.63, 3.8) is 0 Å². The maximum atomic E-state index is 11.9. The lowest BCUT2D eigenvalue weighted by Gasteiger charge is -2.08. The van der Waals surface area contributed by atoms with E-state index in [4.69, 9.17) is 0 Å². The monoisotopic (exact) mass is 347 g/mol. The number of hydrogen-bond acceptors (Lipinski definition) is 2. The van der Waals surface area contributed by atoms with Gasteiger partial charge in [-0.3, -0.25) is 9.36 Å². The lowest BCUT2D eigenvalue weighted by molar-refractivity contribution is -0.118. The first kappa shape index (κ1) is 16.3. The number of carbonyl (C=O) groups excluding carboxylic acids is 1. The zero-order chi connectivity index (χ0) is 18.4. The van der Waals surface area contributed by atoms with Crippen LogP contribution in [0, 0.1) is 5.92 Å². The van der Waals surface area contributed by atoms with Crippen LogP contribution in [-0.2, 0) is 11.8 Å². The molecule has 0 radical (unpaired) electrons. The number of anilines is 1. The fourth-order valence-electron chi connectivity index (χ4n) is 3.17. The van der Waals surface area contributed by atoms with Gasteiger partial charge in [-0.25, -0.2) is 0 Å². The van der Waals surface area contributed by atoms with Gasteiger partial charge in [0.15, 0.2) is 0 Å². The standard InChI is InChI=1S/C21H21N3O2/c1-13(2)20(25)22-16-5-4-15-12-24(21(26)18(15)11-16)17-6-7-19-14(10-17)8-9-23(19)3/h4-13,26H,1-3H3,(H,22,25). The second kappa shape index (κ2) is 5.95. The van der Waals surface area contributed by atoms with Crippen LogP contribution in [0.4, 0.5) is 5.69 Å². The van der Waals surface area contributed by atoms with E-state index in [-0.39, 0.29) is 17.7 Å². The summed E-state index contributed by atoms with van der Waals surface area (Å²) in [6.45, 7) is 3.70. The SMILES string of the molecule is CC(C)C(=O)Nc1ccc2cn(-c3ccc4c(ccn4C)c3)c(O)c2c1. The van der Waals surface area contributed by atoms with Gasteiger partial charge in [-0.1, -0.05) is 19.9 Å². The topological polar surface area (TPSA) is 59.2 Å². The Morgan fingerprint density at radius 3 is 2.65 bits per heavy atom. The molecule has 0 atom stereocenters. The maximum Gasteiger partial charge on any atom is 0.226 e. The van der Waals surface area contributed by atoms with Crippen molar-refractivity contribution in [3.05, 3.63) is 54.9 Å². The minimum absolute atomic E-state index is 0.0437. The third kappa shape index (κ3) is 2.62. The third-order valence-corrected chi connectivity index (χ3v) is 4.73. The molecule has 0 aliphatic heterocycles. The van der Waals surface area contributed by atoms with Crippen LogP contribution in [0.1, 0.15) is 13.8 Å². The van der Waals surface area contributed by atoms with Crippen LogP contribution in [0.5, 0.6) is 5.88 Å². The van der Waals surface area contributed by atoms with E-state index in [1.165, 1.54) is 0 Å². The van der Waals surface area contributed by atoms with Crippen LogP contribution in [0.3, 0.4) is 0 Å². The Kier molecular flexibility index (Phi) is 3.72. The number of fused-ring (bicyclic) bond motifs is 2. The van der Waals surface area contributed by atoms with Crippen molar-refractivity contribution >= 4 is 33.3 Å². The van der Waals surface area contributed by atoms with E-state index in [0.29, 0.717) is 11.1 Å². The van der Waals surface area contributed by atoms with E-state index < -0.39 is 0 Å². The summed E-state index contributed by atoms with van der Waals surface area (Å²) in [5.41, 5.74) is 2.72. The van der Waals surface area contributed by atoms with Crippen molar-refractivity contribution < 1.29 is 9.90 Å². The molecule has 132 valence electrons. The summed E-state index contributed by atoms with van der Waals surface area (Å²) in [5.74, 6) is 0.0234. The van der Waals surface area contributed by atoms with E-state index in [1.807, 2.05) is 63.6 Å². The van der Waals surface area contributed by atoms with Gasteiger partial charge in [0.2, 0.25) is 11.8 Å². The van der Waals surface area contributed by atoms with Crippen molar-refractivity contribution in [2.45, 2.75) is 13.8 Å². The molecule has 2 aromatic heterocycles. The van der Waals surface area contributed by atoms with Crippen LogP contribution < -0.4 is 5.32 Å². The molecule has 26 heavy (non-hydrogen) atoms. The van der Waals surface area contributed by atoms with Crippen molar-refractivity contribution in [2.24, 2.45) is 13.0 Å². The number of nitrogens with one attached hydrogen (secondary N) is 1. The summed E-state index contributed by atoms with van der Waals surface area (Å²) in [6.07, 6.45) is 3.92. The molecule has 0 spiro atoms. The average molecular weight is 347 g/mol. The van der Waals surface area contributed by atoms with Gasteiger partial charge < -0.3 is 15.0 Å². The number of amides is 1. The smallest absolute Gasteiger partial charge is 0.226 e. The molecule has 0 fully saturated rings. The van der Waals surface area contributed by atoms with Gasteiger partial charge in [0.1, 0.15) is 0 Å². The predicted molar refractivity (Wildman–Crippen MR) is 105 cm³/mol. The number of aromatic hydroxyl groups is 1. The highest BCUT2D eigenvalue weighted by molar-refractivity contribution is 5.97. The second-order valence-electron chi connectivity index (χ2n) is 6.94. The summed E-state index contributed by atoms with van der Waals surface area (Å²) in [5, 5.41) is 16.3. The summed E-state index contributed by atoms with van der Waals surface area (Å²) >= 11 is 0. The Morgan fingerprint density at radius 2 is 1.88 bits per heavy atom. The molecule has 0 aliphatic rings. The lowest BCUT2D eigenvalue weighted by atomic mass is 10.1. The van der Waals surface area contributed by atoms with E-state index in [2.05, 4.69) is 22.0 Å². The summed E-state index contributed by atoms with van der Waals surface area (Å²) < 4.78 is 3.83. The number of aryl methyl sites for hydroxylation is 1. The first-order valence-electron chi connectivity index (χ1n) is 8.64. The Balaban J connectivity index is 1.77. The van der Waals surface area contributed by atoms with Crippen LogP contribution in [-0.4, -0.2) is 20.1 Å². The highest BCUT2D eigenvalue weighted by atomic mass is 16.3. The minimum atomic E-state index is -0.0958. The summed E-state index contributed by atoms with van der Waals surface area (Å²) in [6, 6.07) is 13.7. The van der Waals surface area contributed by atoms with E-state index in [9.17, 15) is 9.90 Å². The third-order valence-electron chi connectivity index (χ3n) is 4.73. The average Bonchev–Trinajstić information content (AvgIpc) is 3.15. The molecule has 0 saturated carbocycles. The number of hydrogen-bond donors (Lipinski definition) is 2. The van der Waals surface area contributed by atoms with Gasteiger partial charge in [0.05, 0.1) is 0 Å². The Morgan fingerprint density at radius 1 is 1.08 bits per heavy atom. The molecule has 0 aliphatic carbocycles. The number of rotatable bonds is 3. The fourth-order valence-corrected chi connectivity index (χ4v) is 3.17. The van der Waals surface area contributed by atoms with Crippen molar-refractivity contribution in [1.29, 1.82) is 0 Å². The first-order valence-corrected chi connectivity index (χ1v) is 8.64. The second-order valence-corrected chi connectivity index (χ2v) is 6.94. The molecule has 4 aromatic rings. The molecule has 5 heteroatoms. The molecule has 5 nitrogen and oxygen atoms in total. The van der Waals surface area contributed by atoms with Crippen LogP contribution in [0.25, 0.3) is 27.4 Å². The van der Waals surface area contributed by atoms with E-state index in [0.717, 1.165) is 22.0 Å². The van der Waals surface area contributed by atoms with Crippen LogP contribution in [0.2, 0.25) is 0 Å². The number of carbonyl (C=O) groups is 1. The lowest BCUT2D eigenvalue weighted by Crippen LogP contribution is -2.17. The number of aromatic nitrogens is 2. The zero-order valence-electron chi connectivity index (χ0n) is 15.0. The number of nitrogens with zero attached hydrogens (tertiary/aromatic N) is 2. The molecule has 0 saturated heterocycles. The van der Waals surface area contributed by atoms with Gasteiger partial charge in [0.25, 0.3) is 0 Å². The molecule has 0 bridgehead atoms. The molecule has 2 N–H and O–H groups in total. The van der Waals surface area contributed by atoms with E-state index in [1.54, 1.807) is 4.57 Å². The van der Waals surface area contributed by atoms with Crippen molar-refractivity contribution in [3.8, 4) is 11.6 Å². The predicted octanol–water partition coefficient (Wildman–Crippen LogP) is 4.42. The highest BCUT2D eigenvalue weighted by Crippen LogP contribution is 2.33. The van der Waals surface area contributed by atoms with E-state index >= 15 is 0 Å². The molecule has 4 rings (SSSR count). The largest absolute Gasteiger partial charge is 0.494 e. The molecule has 2 aromatic carbocycles. The molecule has 0 unspecified atom stereocenters. The fraction of sp³-hybridized carbons (Fsp3) is 0.190. The highest BCUT2D eigenvalue weighted by Gasteiger charge is 2.13. The molecule has 2 heterocycles. The van der Waals surface area contributed by atoms with Gasteiger partial charge in [-0.15, -0.1) is 0 Å². The molecular weight excluding hydrogens is 326 g/mol. The zero-order valence-corrected chi connectivity index (χ0v) is 15.0. The van der Waals surface area contributed by atoms with Gasteiger partial charge in [-0.05, 0) is 36.4 Å². The maximum absolute atomic E-state index is 11.9. The van der Waals surface area contributed by atoms with Crippen LogP contribution >= 0.6 is 0 Å². The van der Waals surface area contributed by atoms with Gasteiger partial charge >= 0.3 is 0 Å². The van der Waals surface area contributed by atoms with Crippen molar-refractivity contribution in [2.75, 3.05) is 5.32 Å². The first-order chi connectivity index (χ1) is 12.4. The quantitative estimate of drug-likeness (QED) is 0.576. The minimum Gasteiger partial charge on any atom is -0.494 e. The molecular formula is C21H21N3O2. The Bertz CT molecular complexity index is 1140. The Labute approximate surface area is 151 Å². The Hall–Kier alpha value is -3.21. The normalized spacial score (nSPS) is 11.5. The van der Waals surface area contributed by atoms with Crippen molar-refractivity contribution in [1.82, 2.24) is 9.13 Å². The summed E-state index contributed by atoms with van der Waals surface area (Å²) in [4.78, 5) is 11.9. The van der Waals surface area contributed by atoms with Crippen LogP contribution in [0.15, 0.2) is 54.9 Å². The molecule has 1 amide bonds. The number of benzene rings is 2. The van der Waals surface area contributed by atoms with Gasteiger partial charge in [-0.2, -0.15) is 0 Å². The van der Waals surface area contributed by atoms with Gasteiger partial charge in [0, 0.05) is 58.4 Å². The summed E-state index contributed by atoms with van der Waals surface area (Å²) in [7, 11) is 2.01.